The third-order valence-corrected chi connectivity index (χ3v) is 8.11. The third-order valence-electron chi connectivity index (χ3n) is 6.80. The van der Waals surface area contributed by atoms with E-state index in [1.54, 1.807) is 37.1 Å². The van der Waals surface area contributed by atoms with Crippen molar-refractivity contribution in [2.75, 3.05) is 24.1 Å². The molecule has 0 saturated carbocycles. The molecule has 0 radical (unpaired) electrons. The summed E-state index contributed by atoms with van der Waals surface area (Å²) in [6.45, 7) is 6.72. The average Bonchev–Trinajstić information content (AvgIpc) is 3.32. The lowest BCUT2D eigenvalue weighted by Gasteiger charge is -2.32. The lowest BCUT2D eigenvalue weighted by Crippen LogP contribution is -2.46. The smallest absolute Gasteiger partial charge is 0.244 e. The summed E-state index contributed by atoms with van der Waals surface area (Å²) in [5.74, 6) is 1.82. The van der Waals surface area contributed by atoms with Gasteiger partial charge >= 0.3 is 0 Å². The Morgan fingerprint density at radius 1 is 1.18 bits per heavy atom. The fraction of sp³-hybridized carbons (Fsp3) is 0.423. The van der Waals surface area contributed by atoms with Crippen LogP contribution in [-0.4, -0.2) is 44.6 Å². The topological polar surface area (TPSA) is 87.7 Å². The van der Waals surface area contributed by atoms with Crippen LogP contribution in [0, 0.1) is 5.92 Å². The van der Waals surface area contributed by atoms with Crippen LogP contribution in [0.4, 0.5) is 5.69 Å². The molecule has 2 N–H and O–H groups in total. The summed E-state index contributed by atoms with van der Waals surface area (Å²) in [7, 11) is -1.69. The van der Waals surface area contributed by atoms with Crippen molar-refractivity contribution in [3.05, 3.63) is 59.8 Å². The van der Waals surface area contributed by atoms with Crippen molar-refractivity contribution in [1.29, 1.82) is 0 Å². The Kier molecular flexibility index (Phi) is 7.00. The van der Waals surface area contributed by atoms with E-state index < -0.39 is 10.0 Å². The van der Waals surface area contributed by atoms with Crippen LogP contribution in [0.3, 0.4) is 0 Å². The zero-order valence-corrected chi connectivity index (χ0v) is 21.0. The van der Waals surface area contributed by atoms with Gasteiger partial charge in [0.05, 0.1) is 11.8 Å². The van der Waals surface area contributed by atoms with E-state index in [0.717, 1.165) is 30.5 Å². The molecule has 0 spiro atoms. The molecule has 0 aliphatic carbocycles. The molecule has 2 heterocycles. The quantitative estimate of drug-likeness (QED) is 0.575. The molecule has 1 amide bonds. The van der Waals surface area contributed by atoms with Crippen LogP contribution in [0.25, 0.3) is 5.57 Å². The highest BCUT2D eigenvalue weighted by molar-refractivity contribution is 7.92. The van der Waals surface area contributed by atoms with Crippen molar-refractivity contribution in [3.8, 4) is 11.5 Å². The fourth-order valence-corrected chi connectivity index (χ4v) is 5.17. The Morgan fingerprint density at radius 2 is 1.91 bits per heavy atom. The van der Waals surface area contributed by atoms with Crippen molar-refractivity contribution in [2.45, 2.75) is 45.6 Å². The second-order valence-electron chi connectivity index (χ2n) is 9.06. The number of hydrogen-bond donors (Lipinski definition) is 2. The number of rotatable bonds is 8. The molecule has 3 unspecified atom stereocenters. The summed E-state index contributed by atoms with van der Waals surface area (Å²) in [4.78, 5) is 14.3. The van der Waals surface area contributed by atoms with E-state index in [0.29, 0.717) is 23.1 Å². The first kappa shape index (κ1) is 24.3. The number of anilines is 1. The number of ether oxygens (including phenoxy) is 1. The van der Waals surface area contributed by atoms with E-state index in [-0.39, 0.29) is 23.6 Å². The summed E-state index contributed by atoms with van der Waals surface area (Å²) in [6.07, 6.45) is 3.74. The van der Waals surface area contributed by atoms with Crippen LogP contribution in [0.1, 0.15) is 50.7 Å². The van der Waals surface area contributed by atoms with Gasteiger partial charge in [0.1, 0.15) is 11.5 Å². The predicted molar refractivity (Wildman–Crippen MR) is 135 cm³/mol. The van der Waals surface area contributed by atoms with Gasteiger partial charge in [-0.1, -0.05) is 26.0 Å². The van der Waals surface area contributed by atoms with Crippen LogP contribution in [0.15, 0.2) is 48.7 Å². The normalized spacial score (nSPS) is 21.1. The maximum atomic E-state index is 12.7. The number of nitrogens with one attached hydrogen (secondary N) is 2. The molecule has 8 heteroatoms. The molecule has 0 aromatic heterocycles. The van der Waals surface area contributed by atoms with Crippen molar-refractivity contribution < 1.29 is 17.9 Å². The molecular weight excluding hydrogens is 450 g/mol. The maximum Gasteiger partial charge on any atom is 0.244 e. The van der Waals surface area contributed by atoms with Crippen LogP contribution >= 0.6 is 0 Å². The van der Waals surface area contributed by atoms with Gasteiger partial charge in [0.2, 0.25) is 15.9 Å². The van der Waals surface area contributed by atoms with Gasteiger partial charge < -0.3 is 15.0 Å². The van der Waals surface area contributed by atoms with Gasteiger partial charge in [-0.3, -0.25) is 9.52 Å². The molecule has 182 valence electrons. The Labute approximate surface area is 202 Å². The number of amides is 1. The Balaban J connectivity index is 1.74. The molecule has 2 aliphatic heterocycles. The minimum Gasteiger partial charge on any atom is -0.457 e. The molecule has 4 rings (SSSR count). The number of fused-ring (bicyclic) bond motifs is 1. The number of likely N-dealkylation sites (N-methyl/N-ethyl adjacent to an activating group) is 1. The van der Waals surface area contributed by atoms with Crippen molar-refractivity contribution in [1.82, 2.24) is 10.2 Å². The molecule has 0 bridgehead atoms. The molecule has 2 aromatic carbocycles. The Hall–Kier alpha value is -2.84. The van der Waals surface area contributed by atoms with Crippen molar-refractivity contribution >= 4 is 27.2 Å². The predicted octanol–water partition coefficient (Wildman–Crippen LogP) is 4.55. The van der Waals surface area contributed by atoms with Gasteiger partial charge in [-0.15, -0.1) is 0 Å². The zero-order chi connectivity index (χ0) is 24.5. The van der Waals surface area contributed by atoms with Gasteiger partial charge in [0.15, 0.2) is 0 Å². The highest BCUT2D eigenvalue weighted by Gasteiger charge is 2.41. The third kappa shape index (κ3) is 4.98. The SMILES string of the molecule is CCC(C)c1ccc(Oc2ccc(NS(=O)(=O)CC)cc2C2=CN(C)C(=O)C3NCCC23)cc1. The van der Waals surface area contributed by atoms with Gasteiger partial charge in [-0.2, -0.15) is 0 Å². The second-order valence-corrected chi connectivity index (χ2v) is 11.1. The fourth-order valence-electron chi connectivity index (χ4n) is 4.54. The summed E-state index contributed by atoms with van der Waals surface area (Å²) < 4.78 is 33.4. The highest BCUT2D eigenvalue weighted by Crippen LogP contribution is 2.42. The number of sulfonamides is 1. The largest absolute Gasteiger partial charge is 0.457 e. The summed E-state index contributed by atoms with van der Waals surface area (Å²) in [6, 6.07) is 13.1. The first-order chi connectivity index (χ1) is 16.2. The van der Waals surface area contributed by atoms with E-state index in [2.05, 4.69) is 36.0 Å². The van der Waals surface area contributed by atoms with Gasteiger partial charge in [0.25, 0.3) is 0 Å². The number of carbonyl (C=O) groups is 1. The second kappa shape index (κ2) is 9.80. The molecule has 1 saturated heterocycles. The number of nitrogens with zero attached hydrogens (tertiary/aromatic N) is 1. The van der Waals surface area contributed by atoms with E-state index >= 15 is 0 Å². The van der Waals surface area contributed by atoms with Crippen LogP contribution in [0.2, 0.25) is 0 Å². The van der Waals surface area contributed by atoms with Crippen molar-refractivity contribution in [2.24, 2.45) is 5.92 Å². The summed E-state index contributed by atoms with van der Waals surface area (Å²) >= 11 is 0. The molecule has 7 nitrogen and oxygen atoms in total. The molecule has 2 aliphatic rings. The summed E-state index contributed by atoms with van der Waals surface area (Å²) in [5, 5.41) is 3.31. The van der Waals surface area contributed by atoms with Crippen LogP contribution in [0.5, 0.6) is 11.5 Å². The Morgan fingerprint density at radius 3 is 2.59 bits per heavy atom. The lowest BCUT2D eigenvalue weighted by atomic mass is 9.84. The number of carbonyl (C=O) groups excluding carboxylic acids is 1. The highest BCUT2D eigenvalue weighted by atomic mass is 32.2. The van der Waals surface area contributed by atoms with Gasteiger partial charge in [-0.25, -0.2) is 8.42 Å². The van der Waals surface area contributed by atoms with E-state index in [9.17, 15) is 13.2 Å². The minimum atomic E-state index is -3.43. The zero-order valence-electron chi connectivity index (χ0n) is 20.2. The number of benzene rings is 2. The first-order valence-electron chi connectivity index (χ1n) is 11.9. The Bertz CT molecular complexity index is 1190. The number of hydrogen-bond acceptors (Lipinski definition) is 5. The van der Waals surface area contributed by atoms with E-state index in [1.807, 2.05) is 18.3 Å². The average molecular weight is 484 g/mol. The maximum absolute atomic E-state index is 12.7. The van der Waals surface area contributed by atoms with Gasteiger partial charge in [0, 0.05) is 30.4 Å². The van der Waals surface area contributed by atoms with Gasteiger partial charge in [-0.05, 0) is 73.7 Å². The summed E-state index contributed by atoms with van der Waals surface area (Å²) in [5.41, 5.74) is 3.47. The molecule has 2 aromatic rings. The molecule has 34 heavy (non-hydrogen) atoms. The minimum absolute atomic E-state index is 0.00291. The van der Waals surface area contributed by atoms with Crippen LogP contribution < -0.4 is 14.8 Å². The van der Waals surface area contributed by atoms with E-state index in [1.165, 1.54) is 5.56 Å². The molecular formula is C26H33N3O4S. The molecule has 3 atom stereocenters. The first-order valence-corrected chi connectivity index (χ1v) is 13.5. The molecule has 1 fully saturated rings. The van der Waals surface area contributed by atoms with E-state index in [4.69, 9.17) is 4.74 Å². The lowest BCUT2D eigenvalue weighted by molar-refractivity contribution is -0.130. The standard InChI is InChI=1S/C26H33N3O4S/c1-5-17(3)18-7-10-20(11-8-18)33-24-12-9-19(28-34(31,32)6-2)15-22(24)23-16-29(4)26(30)25-21(23)13-14-27-25/h7-12,15-17,21,25,27-28H,5-6,13-14H2,1-4H3. The van der Waals surface area contributed by atoms with Crippen molar-refractivity contribution in [3.63, 3.8) is 0 Å². The monoisotopic (exact) mass is 483 g/mol. The van der Waals surface area contributed by atoms with Crippen LogP contribution in [-0.2, 0) is 14.8 Å².